The predicted octanol–water partition coefficient (Wildman–Crippen LogP) is 2.72. The molecule has 0 aliphatic carbocycles. The van der Waals surface area contributed by atoms with Crippen molar-refractivity contribution in [2.24, 2.45) is 4.99 Å². The van der Waals surface area contributed by atoms with Crippen LogP contribution < -0.4 is 10.6 Å². The number of benzene rings is 1. The van der Waals surface area contributed by atoms with Crippen molar-refractivity contribution >= 4 is 41.7 Å². The van der Waals surface area contributed by atoms with Crippen molar-refractivity contribution in [3.63, 3.8) is 0 Å². The summed E-state index contributed by atoms with van der Waals surface area (Å²) < 4.78 is 12.7. The van der Waals surface area contributed by atoms with Gasteiger partial charge in [0.25, 0.3) is 0 Å². The van der Waals surface area contributed by atoms with E-state index in [4.69, 9.17) is 6.42 Å². The highest BCUT2D eigenvalue weighted by atomic mass is 127. The largest absolute Gasteiger partial charge is 0.357 e. The molecule has 0 saturated heterocycles. The summed E-state index contributed by atoms with van der Waals surface area (Å²) in [5.41, 5.74) is 0. The summed E-state index contributed by atoms with van der Waals surface area (Å²) in [7, 11) is 0. The van der Waals surface area contributed by atoms with Crippen LogP contribution in [-0.4, -0.2) is 31.3 Å². The van der Waals surface area contributed by atoms with Crippen LogP contribution in [0.2, 0.25) is 0 Å². The molecule has 0 amide bonds. The van der Waals surface area contributed by atoms with Crippen LogP contribution in [0.3, 0.4) is 0 Å². The molecule has 6 heteroatoms. The zero-order valence-electron chi connectivity index (χ0n) is 11.4. The third kappa shape index (κ3) is 8.27. The molecule has 1 aromatic carbocycles. The Bertz CT molecular complexity index is 443. The zero-order valence-corrected chi connectivity index (χ0v) is 14.5. The van der Waals surface area contributed by atoms with Crippen LogP contribution in [0.15, 0.2) is 34.2 Å². The topological polar surface area (TPSA) is 36.4 Å². The summed E-state index contributed by atoms with van der Waals surface area (Å²) >= 11 is 1.64. The Hall–Kier alpha value is -0.940. The van der Waals surface area contributed by atoms with Gasteiger partial charge in [0.05, 0.1) is 13.1 Å². The van der Waals surface area contributed by atoms with Crippen LogP contribution in [0.1, 0.15) is 6.92 Å². The minimum Gasteiger partial charge on any atom is -0.357 e. The molecule has 0 spiro atoms. The first kappa shape index (κ1) is 19.1. The van der Waals surface area contributed by atoms with Gasteiger partial charge in [0.2, 0.25) is 0 Å². The number of halogens is 2. The molecule has 0 atom stereocenters. The van der Waals surface area contributed by atoms with Gasteiger partial charge in [-0.3, -0.25) is 4.99 Å². The first-order valence-electron chi connectivity index (χ1n) is 6.10. The van der Waals surface area contributed by atoms with E-state index in [9.17, 15) is 4.39 Å². The van der Waals surface area contributed by atoms with E-state index in [1.165, 1.54) is 12.1 Å². The number of hydrogen-bond donors (Lipinski definition) is 2. The number of rotatable bonds is 6. The van der Waals surface area contributed by atoms with Crippen LogP contribution in [0.25, 0.3) is 0 Å². The minimum absolute atomic E-state index is 0. The molecular weight excluding hydrogens is 388 g/mol. The molecule has 0 heterocycles. The summed E-state index contributed by atoms with van der Waals surface area (Å²) in [5.74, 6) is 3.85. The van der Waals surface area contributed by atoms with Gasteiger partial charge in [-0.2, -0.15) is 0 Å². The Morgan fingerprint density at radius 1 is 1.35 bits per heavy atom. The molecule has 0 unspecified atom stereocenters. The van der Waals surface area contributed by atoms with Crippen molar-refractivity contribution in [1.82, 2.24) is 10.6 Å². The van der Waals surface area contributed by atoms with Crippen LogP contribution in [0.5, 0.6) is 0 Å². The molecule has 0 radical (unpaired) electrons. The van der Waals surface area contributed by atoms with Crippen LogP contribution >= 0.6 is 35.7 Å². The van der Waals surface area contributed by atoms with Gasteiger partial charge in [0.15, 0.2) is 5.96 Å². The fourth-order valence-electron chi connectivity index (χ4n) is 1.33. The normalized spacial score (nSPS) is 10.3. The number of nitrogens with zero attached hydrogens (tertiary/aromatic N) is 1. The quantitative estimate of drug-likeness (QED) is 0.190. The summed E-state index contributed by atoms with van der Waals surface area (Å²) in [4.78, 5) is 5.43. The average molecular weight is 407 g/mol. The zero-order chi connectivity index (χ0) is 13.9. The molecule has 1 rings (SSSR count). The molecule has 110 valence electrons. The monoisotopic (exact) mass is 407 g/mol. The first-order valence-corrected chi connectivity index (χ1v) is 7.09. The molecule has 0 saturated carbocycles. The minimum atomic E-state index is -0.213. The maximum atomic E-state index is 12.7. The molecule has 2 N–H and O–H groups in total. The van der Waals surface area contributed by atoms with Crippen molar-refractivity contribution in [3.05, 3.63) is 30.1 Å². The van der Waals surface area contributed by atoms with Gasteiger partial charge in [0.1, 0.15) is 5.82 Å². The molecule has 3 nitrogen and oxygen atoms in total. The number of thioether (sulfide) groups is 1. The van der Waals surface area contributed by atoms with Gasteiger partial charge < -0.3 is 10.6 Å². The van der Waals surface area contributed by atoms with Crippen molar-refractivity contribution in [2.75, 3.05) is 25.4 Å². The lowest BCUT2D eigenvalue weighted by Crippen LogP contribution is -2.37. The number of guanidine groups is 1. The van der Waals surface area contributed by atoms with E-state index in [0.29, 0.717) is 13.1 Å². The number of hydrogen-bond acceptors (Lipinski definition) is 2. The van der Waals surface area contributed by atoms with Gasteiger partial charge in [-0.05, 0) is 31.2 Å². The molecule has 1 aromatic rings. The molecule has 0 aliphatic heterocycles. The number of terminal acetylenes is 1. The Morgan fingerprint density at radius 3 is 2.65 bits per heavy atom. The molecule has 20 heavy (non-hydrogen) atoms. The average Bonchev–Trinajstić information content (AvgIpc) is 2.42. The summed E-state index contributed by atoms with van der Waals surface area (Å²) in [6.45, 7) is 3.92. The highest BCUT2D eigenvalue weighted by Crippen LogP contribution is 2.17. The van der Waals surface area contributed by atoms with Crippen molar-refractivity contribution < 1.29 is 4.39 Å². The standard InChI is InChI=1S/C14H18FN3S.HI/c1-3-9-17-14(16-4-2)18-10-11-19-13-7-5-12(15)6-8-13;/h1,5-8H,4,9-11H2,2H3,(H2,16,17,18);1H. The highest BCUT2D eigenvalue weighted by Gasteiger charge is 1.96. The molecular formula is C14H19FIN3S. The van der Waals surface area contributed by atoms with E-state index in [1.807, 2.05) is 6.92 Å². The highest BCUT2D eigenvalue weighted by molar-refractivity contribution is 14.0. The second-order valence-corrected chi connectivity index (χ2v) is 4.79. The van der Waals surface area contributed by atoms with Gasteiger partial charge in [-0.15, -0.1) is 42.2 Å². The van der Waals surface area contributed by atoms with Crippen LogP contribution in [-0.2, 0) is 0 Å². The number of aliphatic imine (C=N–C) groups is 1. The van der Waals surface area contributed by atoms with E-state index >= 15 is 0 Å². The van der Waals surface area contributed by atoms with Crippen molar-refractivity contribution in [2.45, 2.75) is 11.8 Å². The SMILES string of the molecule is C#CCNC(=NCCSc1ccc(F)cc1)NCC.I. The summed E-state index contributed by atoms with van der Waals surface area (Å²) in [6, 6.07) is 6.46. The van der Waals surface area contributed by atoms with Crippen LogP contribution in [0.4, 0.5) is 4.39 Å². The van der Waals surface area contributed by atoms with E-state index in [1.54, 1.807) is 23.9 Å². The van der Waals surface area contributed by atoms with E-state index < -0.39 is 0 Å². The third-order valence-electron chi connectivity index (χ3n) is 2.15. The Kier molecular flexibility index (Phi) is 11.3. The molecule has 0 aromatic heterocycles. The Balaban J connectivity index is 0.00000361. The molecule has 0 aliphatic rings. The maximum absolute atomic E-state index is 12.7. The van der Waals surface area contributed by atoms with Gasteiger partial charge in [-0.25, -0.2) is 4.39 Å². The molecule has 0 fully saturated rings. The smallest absolute Gasteiger partial charge is 0.192 e. The van der Waals surface area contributed by atoms with E-state index in [0.717, 1.165) is 23.2 Å². The van der Waals surface area contributed by atoms with E-state index in [-0.39, 0.29) is 29.8 Å². The predicted molar refractivity (Wildman–Crippen MR) is 95.4 cm³/mol. The van der Waals surface area contributed by atoms with Crippen molar-refractivity contribution in [1.29, 1.82) is 0 Å². The fraction of sp³-hybridized carbons (Fsp3) is 0.357. The lowest BCUT2D eigenvalue weighted by atomic mass is 10.4. The lowest BCUT2D eigenvalue weighted by Gasteiger charge is -2.08. The van der Waals surface area contributed by atoms with Gasteiger partial charge in [0, 0.05) is 17.2 Å². The lowest BCUT2D eigenvalue weighted by molar-refractivity contribution is 0.626. The second kappa shape index (κ2) is 11.9. The second-order valence-electron chi connectivity index (χ2n) is 3.62. The van der Waals surface area contributed by atoms with Crippen LogP contribution in [0, 0.1) is 18.2 Å². The summed E-state index contributed by atoms with van der Waals surface area (Å²) in [5, 5.41) is 6.13. The number of nitrogens with one attached hydrogen (secondary N) is 2. The third-order valence-corrected chi connectivity index (χ3v) is 3.14. The first-order chi connectivity index (χ1) is 9.26. The molecule has 0 bridgehead atoms. The van der Waals surface area contributed by atoms with Gasteiger partial charge in [-0.1, -0.05) is 5.92 Å². The van der Waals surface area contributed by atoms with Gasteiger partial charge >= 0.3 is 0 Å². The maximum Gasteiger partial charge on any atom is 0.192 e. The van der Waals surface area contributed by atoms with Crippen molar-refractivity contribution in [3.8, 4) is 12.3 Å². The fourth-order valence-corrected chi connectivity index (χ4v) is 2.08. The summed E-state index contributed by atoms with van der Waals surface area (Å²) in [6.07, 6.45) is 5.19. The Labute approximate surface area is 141 Å². The van der Waals surface area contributed by atoms with E-state index in [2.05, 4.69) is 21.5 Å². The Morgan fingerprint density at radius 2 is 2.05 bits per heavy atom.